The zero-order valence-electron chi connectivity index (χ0n) is 24.0. The van der Waals surface area contributed by atoms with Gasteiger partial charge in [0.15, 0.2) is 0 Å². The molecule has 6 heteroatoms. The first-order valence-electron chi connectivity index (χ1n) is 14.7. The number of pyridine rings is 1. The Labute approximate surface area is 228 Å². The van der Waals surface area contributed by atoms with E-state index < -0.39 is 0 Å². The van der Waals surface area contributed by atoms with Gasteiger partial charge in [0, 0.05) is 37.4 Å². The molecule has 1 aromatic heterocycles. The number of allylic oxidation sites excluding steroid dienone is 1. The molecule has 2 aliphatic carbocycles. The second kappa shape index (κ2) is 12.7. The Bertz CT molecular complexity index is 1150. The van der Waals surface area contributed by atoms with Gasteiger partial charge in [-0.1, -0.05) is 50.9 Å². The number of hydrogen-bond donors (Lipinski definition) is 0. The van der Waals surface area contributed by atoms with Crippen LogP contribution in [0.3, 0.4) is 0 Å². The molecule has 1 unspecified atom stereocenters. The average Bonchev–Trinajstić information content (AvgIpc) is 3.77. The fraction of sp³-hybridized carbons (Fsp3) is 0.531. The van der Waals surface area contributed by atoms with Crippen molar-refractivity contribution in [2.24, 2.45) is 5.11 Å². The second-order valence-corrected chi connectivity index (χ2v) is 10.1. The zero-order chi connectivity index (χ0) is 27.2. The zero-order valence-corrected chi connectivity index (χ0v) is 24.0. The van der Waals surface area contributed by atoms with Crippen LogP contribution >= 0.6 is 0 Å². The Morgan fingerprint density at radius 3 is 2.34 bits per heavy atom. The van der Waals surface area contributed by atoms with E-state index in [1.807, 2.05) is 47.6 Å². The summed E-state index contributed by atoms with van der Waals surface area (Å²) in [5, 5.41) is 5.09. The molecule has 1 saturated heterocycles. The molecular weight excluding hydrogens is 472 g/mol. The highest BCUT2D eigenvalue weighted by atomic mass is 16.5. The SMILES string of the molecule is CC.CC.CC(C)Oc1ccc(C(=O)N2CC[C]3C4=C(CCCCC42)N=[N+]3c2ccc(C3CC3)cc2)cn1. The Balaban J connectivity index is 0.000000804. The molecule has 1 saturated carbocycles. The maximum Gasteiger partial charge on any atom is 0.291 e. The number of ether oxygens (including phenoxy) is 1. The molecule has 1 aromatic carbocycles. The Hall–Kier alpha value is -3.02. The summed E-state index contributed by atoms with van der Waals surface area (Å²) < 4.78 is 7.80. The van der Waals surface area contributed by atoms with Crippen LogP contribution in [0.25, 0.3) is 0 Å². The maximum atomic E-state index is 13.6. The van der Waals surface area contributed by atoms with Gasteiger partial charge in [0.25, 0.3) is 11.9 Å². The average molecular weight is 517 g/mol. The van der Waals surface area contributed by atoms with E-state index in [-0.39, 0.29) is 18.1 Å². The van der Waals surface area contributed by atoms with Gasteiger partial charge in [-0.2, -0.15) is 0 Å². The first-order chi connectivity index (χ1) is 18.6. The van der Waals surface area contributed by atoms with Crippen LogP contribution in [0.1, 0.15) is 108 Å². The predicted molar refractivity (Wildman–Crippen MR) is 152 cm³/mol. The first kappa shape index (κ1) is 28.0. The number of carbonyl (C=O) groups is 1. The summed E-state index contributed by atoms with van der Waals surface area (Å²) in [6.45, 7) is 12.6. The highest BCUT2D eigenvalue weighted by Crippen LogP contribution is 2.47. The third-order valence-electron chi connectivity index (χ3n) is 7.33. The minimum atomic E-state index is 0.0497. The normalized spacial score (nSPS) is 20.4. The van der Waals surface area contributed by atoms with Crippen LogP contribution in [0.2, 0.25) is 0 Å². The number of benzene rings is 1. The van der Waals surface area contributed by atoms with Crippen molar-refractivity contribution >= 4 is 11.6 Å². The Morgan fingerprint density at radius 2 is 1.71 bits per heavy atom. The van der Waals surface area contributed by atoms with Crippen molar-refractivity contribution in [1.82, 2.24) is 9.88 Å². The Morgan fingerprint density at radius 1 is 0.974 bits per heavy atom. The lowest BCUT2D eigenvalue weighted by Gasteiger charge is -2.37. The number of hydrogen-bond acceptors (Lipinski definition) is 4. The van der Waals surface area contributed by atoms with Gasteiger partial charge in [0.1, 0.15) is 5.70 Å². The Kier molecular flexibility index (Phi) is 9.35. The lowest BCUT2D eigenvalue weighted by Crippen LogP contribution is -2.47. The number of piperidine rings is 1. The molecule has 6 rings (SSSR count). The quantitative estimate of drug-likeness (QED) is 0.377. The van der Waals surface area contributed by atoms with Crippen LogP contribution in [0, 0.1) is 6.04 Å². The van der Waals surface area contributed by atoms with Crippen LogP contribution in [-0.2, 0) is 0 Å². The molecule has 1 radical (unpaired) electrons. The third-order valence-corrected chi connectivity index (χ3v) is 7.33. The van der Waals surface area contributed by atoms with Crippen molar-refractivity contribution in [3.05, 3.63) is 71.0 Å². The van der Waals surface area contributed by atoms with Crippen LogP contribution < -0.4 is 4.74 Å². The third kappa shape index (κ3) is 5.84. The van der Waals surface area contributed by atoms with Crippen LogP contribution in [-0.4, -0.2) is 39.2 Å². The van der Waals surface area contributed by atoms with E-state index in [2.05, 4.69) is 38.8 Å². The molecule has 6 nitrogen and oxygen atoms in total. The number of carbonyl (C=O) groups excluding carboxylic acids is 1. The van der Waals surface area contributed by atoms with Gasteiger partial charge in [0.05, 0.1) is 23.3 Å². The summed E-state index contributed by atoms with van der Waals surface area (Å²) in [7, 11) is 0. The van der Waals surface area contributed by atoms with Crippen molar-refractivity contribution in [1.29, 1.82) is 0 Å². The van der Waals surface area contributed by atoms with Crippen molar-refractivity contribution in [2.75, 3.05) is 6.54 Å². The number of aromatic nitrogens is 1. The van der Waals surface area contributed by atoms with Crippen LogP contribution in [0.4, 0.5) is 5.69 Å². The first-order valence-corrected chi connectivity index (χ1v) is 14.7. The van der Waals surface area contributed by atoms with Crippen molar-refractivity contribution < 1.29 is 14.2 Å². The highest BCUT2D eigenvalue weighted by Gasteiger charge is 2.50. The van der Waals surface area contributed by atoms with E-state index in [1.165, 1.54) is 35.7 Å². The molecule has 4 aliphatic rings. The van der Waals surface area contributed by atoms with Gasteiger partial charge < -0.3 is 9.64 Å². The molecule has 0 spiro atoms. The van der Waals surface area contributed by atoms with E-state index in [4.69, 9.17) is 9.85 Å². The molecule has 0 N–H and O–H groups in total. The number of nitrogens with zero attached hydrogens (tertiary/aromatic N) is 4. The van der Waals surface area contributed by atoms with E-state index >= 15 is 0 Å². The molecule has 203 valence electrons. The minimum Gasteiger partial charge on any atom is -0.475 e. The van der Waals surface area contributed by atoms with Gasteiger partial charge >= 0.3 is 0 Å². The molecule has 2 fully saturated rings. The smallest absolute Gasteiger partial charge is 0.291 e. The molecular formula is C32H44N4O2+. The summed E-state index contributed by atoms with van der Waals surface area (Å²) in [6, 6.07) is 14.0. The van der Waals surface area contributed by atoms with Gasteiger partial charge in [-0.15, -0.1) is 0 Å². The summed E-state index contributed by atoms with van der Waals surface area (Å²) in [5.74, 6) is 1.36. The van der Waals surface area contributed by atoms with Gasteiger partial charge in [-0.3, -0.25) is 4.79 Å². The standard InChI is InChI=1S/C28H32N4O2.2C2H6/c1-18(2)34-26-14-11-21(17-29-26)28(33)31-16-15-25-27-23(5-3-4-6-24(27)31)30-32(25)22-12-9-20(10-13-22)19-7-8-19;2*1-2/h9-14,17-19,24H,3-8,15-16H2,1-2H3;2*1-2H3/q+1;;. The fourth-order valence-corrected chi connectivity index (χ4v) is 5.54. The number of likely N-dealkylation sites (tertiary alicyclic amines) is 1. The molecule has 2 aliphatic heterocycles. The monoisotopic (exact) mass is 516 g/mol. The van der Waals surface area contributed by atoms with E-state index in [0.29, 0.717) is 18.0 Å². The predicted octanol–water partition coefficient (Wildman–Crippen LogP) is 8.18. The van der Waals surface area contributed by atoms with Crippen LogP contribution in [0.5, 0.6) is 5.88 Å². The largest absolute Gasteiger partial charge is 0.475 e. The lowest BCUT2D eigenvalue weighted by atomic mass is 9.87. The van der Waals surface area contributed by atoms with Crippen molar-refractivity contribution in [2.45, 2.75) is 105 Å². The summed E-state index contributed by atoms with van der Waals surface area (Å²) in [6.07, 6.45) is 9.35. The van der Waals surface area contributed by atoms with Crippen LogP contribution in [0.15, 0.2) is 59.0 Å². The van der Waals surface area contributed by atoms with E-state index in [0.717, 1.165) is 43.7 Å². The van der Waals surface area contributed by atoms with Crippen molar-refractivity contribution in [3.63, 3.8) is 0 Å². The van der Waals surface area contributed by atoms with Gasteiger partial charge in [0.2, 0.25) is 11.6 Å². The van der Waals surface area contributed by atoms with E-state index in [9.17, 15) is 4.79 Å². The molecule has 1 atom stereocenters. The minimum absolute atomic E-state index is 0.0497. The molecule has 2 aromatic rings. The number of azo groups is 2. The van der Waals surface area contributed by atoms with Crippen molar-refractivity contribution in [3.8, 4) is 5.88 Å². The van der Waals surface area contributed by atoms with E-state index in [1.54, 1.807) is 12.3 Å². The molecule has 3 heterocycles. The molecule has 1 amide bonds. The topological polar surface area (TPSA) is 57.8 Å². The lowest BCUT2D eigenvalue weighted by molar-refractivity contribution is -0.487. The van der Waals surface area contributed by atoms with Gasteiger partial charge in [-0.25, -0.2) is 4.98 Å². The summed E-state index contributed by atoms with van der Waals surface area (Å²) >= 11 is 0. The molecule has 0 bridgehead atoms. The maximum absolute atomic E-state index is 13.6. The van der Waals surface area contributed by atoms with Gasteiger partial charge in [-0.05, 0) is 68.6 Å². The fourth-order valence-electron chi connectivity index (χ4n) is 5.54. The second-order valence-electron chi connectivity index (χ2n) is 10.1. The summed E-state index contributed by atoms with van der Waals surface area (Å²) in [4.78, 5) is 20.0. The number of amides is 1. The summed E-state index contributed by atoms with van der Waals surface area (Å²) in [5.41, 5.74) is 5.65. The molecule has 38 heavy (non-hydrogen) atoms. The number of rotatable bonds is 5. The highest BCUT2D eigenvalue weighted by molar-refractivity contribution is 5.94.